The molecule has 0 saturated carbocycles. The lowest BCUT2D eigenvalue weighted by Gasteiger charge is -2.13. The zero-order valence-electron chi connectivity index (χ0n) is 13.8. The Morgan fingerprint density at radius 2 is 2.04 bits per heavy atom. The highest BCUT2D eigenvalue weighted by molar-refractivity contribution is 7.99. The molecule has 2 heterocycles. The number of benzene rings is 1. The van der Waals surface area contributed by atoms with Gasteiger partial charge in [-0.2, -0.15) is 4.98 Å². The Hall–Kier alpha value is -2.74. The summed E-state index contributed by atoms with van der Waals surface area (Å²) < 4.78 is 1.57. The summed E-state index contributed by atoms with van der Waals surface area (Å²) in [6.07, 6.45) is 3.41. The number of fused-ring (bicyclic) bond motifs is 1. The van der Waals surface area contributed by atoms with E-state index in [4.69, 9.17) is 0 Å². The minimum atomic E-state index is -0.0919. The number of rotatable bonds is 6. The summed E-state index contributed by atoms with van der Waals surface area (Å²) in [5.41, 5.74) is 1.57. The van der Waals surface area contributed by atoms with Crippen molar-refractivity contribution in [3.8, 4) is 0 Å². The van der Waals surface area contributed by atoms with E-state index < -0.39 is 0 Å². The number of hydrogen-bond acceptors (Lipinski definition) is 6. The summed E-state index contributed by atoms with van der Waals surface area (Å²) in [5, 5.41) is 7.59. The first-order valence-corrected chi connectivity index (χ1v) is 8.72. The second kappa shape index (κ2) is 7.43. The molecular weight excluding hydrogens is 338 g/mol. The van der Waals surface area contributed by atoms with Gasteiger partial charge in [0, 0.05) is 24.9 Å². The zero-order valence-corrected chi connectivity index (χ0v) is 14.7. The van der Waals surface area contributed by atoms with E-state index >= 15 is 0 Å². The van der Waals surface area contributed by atoms with E-state index in [0.717, 1.165) is 5.56 Å². The van der Waals surface area contributed by atoms with Gasteiger partial charge in [-0.25, -0.2) is 9.50 Å². The summed E-state index contributed by atoms with van der Waals surface area (Å²) >= 11 is 1.28. The Bertz CT molecular complexity index is 874. The molecule has 1 atom stereocenters. The third kappa shape index (κ3) is 4.21. The van der Waals surface area contributed by atoms with E-state index in [1.54, 1.807) is 35.1 Å². The fraction of sp³-hybridized carbons (Fsp3) is 0.235. The van der Waals surface area contributed by atoms with Crippen LogP contribution in [0.2, 0.25) is 0 Å². The second-order valence-corrected chi connectivity index (χ2v) is 6.46. The standard InChI is InChI=1S/C17H17N5O2S/c1-11(19-12(2)23)13-4-6-14(7-5-13)15(24)10-25-17-20-16-18-8-3-9-22(16)21-17/h3-9,11H,10H2,1-2H3,(H,19,23). The first-order chi connectivity index (χ1) is 12.0. The lowest BCUT2D eigenvalue weighted by molar-refractivity contribution is -0.119. The van der Waals surface area contributed by atoms with Crippen LogP contribution in [0, 0.1) is 0 Å². The monoisotopic (exact) mass is 355 g/mol. The van der Waals surface area contributed by atoms with E-state index in [2.05, 4.69) is 20.4 Å². The summed E-state index contributed by atoms with van der Waals surface area (Å²) in [4.78, 5) is 31.8. The molecule has 1 unspecified atom stereocenters. The van der Waals surface area contributed by atoms with E-state index in [1.165, 1.54) is 18.7 Å². The molecule has 3 rings (SSSR count). The van der Waals surface area contributed by atoms with Crippen LogP contribution in [0.15, 0.2) is 47.9 Å². The van der Waals surface area contributed by atoms with Crippen molar-refractivity contribution in [2.24, 2.45) is 0 Å². The maximum absolute atomic E-state index is 12.3. The van der Waals surface area contributed by atoms with Gasteiger partial charge in [0.1, 0.15) is 0 Å². The largest absolute Gasteiger partial charge is 0.350 e. The molecule has 0 aliphatic carbocycles. The number of aromatic nitrogens is 4. The molecule has 2 aromatic heterocycles. The van der Waals surface area contributed by atoms with Crippen LogP contribution in [0.4, 0.5) is 0 Å². The molecule has 25 heavy (non-hydrogen) atoms. The topological polar surface area (TPSA) is 89.2 Å². The number of nitrogens with one attached hydrogen (secondary N) is 1. The number of hydrogen-bond donors (Lipinski definition) is 1. The van der Waals surface area contributed by atoms with Gasteiger partial charge >= 0.3 is 0 Å². The van der Waals surface area contributed by atoms with Crippen molar-refractivity contribution in [2.45, 2.75) is 25.0 Å². The van der Waals surface area contributed by atoms with Crippen LogP contribution in [0.3, 0.4) is 0 Å². The number of thioether (sulfide) groups is 1. The smallest absolute Gasteiger partial charge is 0.253 e. The van der Waals surface area contributed by atoms with Crippen molar-refractivity contribution in [3.63, 3.8) is 0 Å². The molecule has 1 amide bonds. The van der Waals surface area contributed by atoms with Crippen molar-refractivity contribution < 1.29 is 9.59 Å². The minimum absolute atomic E-state index is 0.00412. The molecule has 3 aromatic rings. The van der Waals surface area contributed by atoms with Gasteiger partial charge in [-0.1, -0.05) is 36.0 Å². The Morgan fingerprint density at radius 1 is 1.28 bits per heavy atom. The molecule has 8 heteroatoms. The molecule has 128 valence electrons. The first kappa shape index (κ1) is 17.1. The Kier molecular flexibility index (Phi) is 5.08. The molecule has 0 spiro atoms. The molecule has 1 aromatic carbocycles. The average Bonchev–Trinajstić information content (AvgIpc) is 3.02. The van der Waals surface area contributed by atoms with Crippen molar-refractivity contribution in [3.05, 3.63) is 53.9 Å². The molecule has 0 fully saturated rings. The number of ketones is 1. The normalized spacial score (nSPS) is 12.1. The van der Waals surface area contributed by atoms with Crippen LogP contribution in [0.1, 0.15) is 35.8 Å². The zero-order chi connectivity index (χ0) is 17.8. The molecule has 7 nitrogen and oxygen atoms in total. The number of carbonyl (C=O) groups excluding carboxylic acids is 2. The van der Waals surface area contributed by atoms with Crippen LogP contribution in [-0.2, 0) is 4.79 Å². The predicted octanol–water partition coefficient (Wildman–Crippen LogP) is 2.30. The lowest BCUT2D eigenvalue weighted by atomic mass is 10.0. The van der Waals surface area contributed by atoms with E-state index in [0.29, 0.717) is 16.5 Å². The molecule has 0 saturated heterocycles. The summed E-state index contributed by atoms with van der Waals surface area (Å²) in [6.45, 7) is 3.38. The second-order valence-electron chi connectivity index (χ2n) is 5.51. The van der Waals surface area contributed by atoms with Crippen LogP contribution in [0.5, 0.6) is 0 Å². The van der Waals surface area contributed by atoms with Gasteiger partial charge in [-0.05, 0) is 18.6 Å². The van der Waals surface area contributed by atoms with Gasteiger partial charge in [0.25, 0.3) is 5.78 Å². The van der Waals surface area contributed by atoms with Crippen molar-refractivity contribution in [1.29, 1.82) is 0 Å². The van der Waals surface area contributed by atoms with E-state index in [-0.39, 0.29) is 23.5 Å². The van der Waals surface area contributed by atoms with E-state index in [1.807, 2.05) is 19.1 Å². The fourth-order valence-corrected chi connectivity index (χ4v) is 3.05. The van der Waals surface area contributed by atoms with Gasteiger partial charge in [0.05, 0.1) is 11.8 Å². The Balaban J connectivity index is 1.62. The maximum atomic E-state index is 12.3. The minimum Gasteiger partial charge on any atom is -0.350 e. The Labute approximate surface area is 148 Å². The van der Waals surface area contributed by atoms with Crippen LogP contribution in [-0.4, -0.2) is 37.0 Å². The van der Waals surface area contributed by atoms with Crippen molar-refractivity contribution >= 4 is 29.2 Å². The molecule has 0 radical (unpaired) electrons. The Morgan fingerprint density at radius 3 is 2.72 bits per heavy atom. The number of carbonyl (C=O) groups is 2. The van der Waals surface area contributed by atoms with Crippen molar-refractivity contribution in [2.75, 3.05) is 5.75 Å². The maximum Gasteiger partial charge on any atom is 0.253 e. The molecule has 0 bridgehead atoms. The molecule has 0 aliphatic rings. The summed E-state index contributed by atoms with van der Waals surface area (Å²) in [5.74, 6) is 0.667. The average molecular weight is 355 g/mol. The lowest BCUT2D eigenvalue weighted by Crippen LogP contribution is -2.23. The van der Waals surface area contributed by atoms with Gasteiger partial charge in [-0.3, -0.25) is 9.59 Å². The van der Waals surface area contributed by atoms with Gasteiger partial charge in [0.2, 0.25) is 11.1 Å². The third-order valence-corrected chi connectivity index (χ3v) is 4.42. The van der Waals surface area contributed by atoms with Gasteiger partial charge in [0.15, 0.2) is 5.78 Å². The third-order valence-electron chi connectivity index (χ3n) is 3.58. The van der Waals surface area contributed by atoms with Crippen LogP contribution >= 0.6 is 11.8 Å². The molecule has 0 aliphatic heterocycles. The quantitative estimate of drug-likeness (QED) is 0.539. The highest BCUT2D eigenvalue weighted by atomic mass is 32.2. The van der Waals surface area contributed by atoms with Gasteiger partial charge < -0.3 is 5.32 Å². The summed E-state index contributed by atoms with van der Waals surface area (Å²) in [6, 6.07) is 8.93. The number of nitrogens with zero attached hydrogens (tertiary/aromatic N) is 4. The summed E-state index contributed by atoms with van der Waals surface area (Å²) in [7, 11) is 0. The van der Waals surface area contributed by atoms with Crippen molar-refractivity contribution in [1.82, 2.24) is 24.9 Å². The predicted molar refractivity (Wildman–Crippen MR) is 94.5 cm³/mol. The number of Topliss-reactive ketones (excluding diaryl/α,β-unsaturated/α-hetero) is 1. The first-order valence-electron chi connectivity index (χ1n) is 7.73. The highest BCUT2D eigenvalue weighted by Gasteiger charge is 2.12. The number of amides is 1. The van der Waals surface area contributed by atoms with Crippen LogP contribution in [0.25, 0.3) is 5.78 Å². The molecular formula is C17H17N5O2S. The van der Waals surface area contributed by atoms with Crippen LogP contribution < -0.4 is 5.32 Å². The molecule has 1 N–H and O–H groups in total. The highest BCUT2D eigenvalue weighted by Crippen LogP contribution is 2.18. The van der Waals surface area contributed by atoms with Gasteiger partial charge in [-0.15, -0.1) is 5.10 Å². The SMILES string of the molecule is CC(=O)NC(C)c1ccc(C(=O)CSc2nc3ncccn3n2)cc1. The fourth-order valence-electron chi connectivity index (χ4n) is 2.33. The van der Waals surface area contributed by atoms with E-state index in [9.17, 15) is 9.59 Å².